The van der Waals surface area contributed by atoms with E-state index >= 15 is 0 Å². The number of hydrogen-bond donors (Lipinski definition) is 0. The first-order valence-electron chi connectivity index (χ1n) is 10.2. The van der Waals surface area contributed by atoms with Crippen molar-refractivity contribution in [1.29, 1.82) is 0 Å². The van der Waals surface area contributed by atoms with Crippen LogP contribution in [0, 0.1) is 0 Å². The highest BCUT2D eigenvalue weighted by Gasteiger charge is 2.15. The van der Waals surface area contributed by atoms with Gasteiger partial charge in [0.25, 0.3) is 0 Å². The molecule has 0 spiro atoms. The van der Waals surface area contributed by atoms with Gasteiger partial charge in [0, 0.05) is 17.2 Å². The fraction of sp³-hybridized carbons (Fsp3) is 0.111. The zero-order chi connectivity index (χ0) is 22.2. The normalized spacial score (nSPS) is 10.4. The highest BCUT2D eigenvalue weighted by atomic mass is 16.5. The van der Waals surface area contributed by atoms with Gasteiger partial charge >= 0.3 is 0 Å². The van der Waals surface area contributed by atoms with Gasteiger partial charge < -0.3 is 14.2 Å². The molecule has 0 aliphatic rings. The molecule has 0 saturated heterocycles. The van der Waals surface area contributed by atoms with Gasteiger partial charge in [-0.2, -0.15) is 4.98 Å². The first-order valence-corrected chi connectivity index (χ1v) is 10.2. The van der Waals surface area contributed by atoms with Crippen LogP contribution in [-0.2, 0) is 13.2 Å². The summed E-state index contributed by atoms with van der Waals surface area (Å²) in [6.45, 7) is 0.739. The predicted molar refractivity (Wildman–Crippen MR) is 123 cm³/mol. The quantitative estimate of drug-likeness (QED) is 0.321. The Hall–Kier alpha value is -4.12. The number of nitrogens with zero attached hydrogens (tertiary/aromatic N) is 1. The van der Waals surface area contributed by atoms with E-state index in [-0.39, 0.29) is 0 Å². The van der Waals surface area contributed by atoms with Crippen LogP contribution in [0.3, 0.4) is 0 Å². The number of benzene rings is 3. The number of methoxy groups -OCH3 is 1. The van der Waals surface area contributed by atoms with Crippen LogP contribution in [0.5, 0.6) is 17.5 Å². The van der Waals surface area contributed by atoms with Crippen LogP contribution < -0.4 is 14.2 Å². The van der Waals surface area contributed by atoms with E-state index in [1.807, 2.05) is 78.9 Å². The van der Waals surface area contributed by atoms with Crippen molar-refractivity contribution in [3.8, 4) is 28.6 Å². The number of pyridine rings is 1. The van der Waals surface area contributed by atoms with E-state index in [2.05, 4.69) is 4.98 Å². The summed E-state index contributed by atoms with van der Waals surface area (Å²) < 4.78 is 17.2. The fourth-order valence-electron chi connectivity index (χ4n) is 3.29. The van der Waals surface area contributed by atoms with Gasteiger partial charge in [0.2, 0.25) is 11.8 Å². The molecule has 0 atom stereocenters. The number of aldehydes is 1. The lowest BCUT2D eigenvalue weighted by atomic mass is 10.0. The van der Waals surface area contributed by atoms with E-state index < -0.39 is 0 Å². The molecule has 4 rings (SSSR count). The van der Waals surface area contributed by atoms with Gasteiger partial charge in [-0.3, -0.25) is 4.79 Å². The van der Waals surface area contributed by atoms with Crippen LogP contribution >= 0.6 is 0 Å². The number of hydrogen-bond acceptors (Lipinski definition) is 5. The van der Waals surface area contributed by atoms with E-state index in [4.69, 9.17) is 14.2 Å². The summed E-state index contributed by atoms with van der Waals surface area (Å²) in [5.74, 6) is 1.45. The average Bonchev–Trinajstić information content (AvgIpc) is 2.87. The van der Waals surface area contributed by atoms with Crippen LogP contribution in [0.15, 0.2) is 91.0 Å². The van der Waals surface area contributed by atoms with Gasteiger partial charge in [0.05, 0.1) is 7.11 Å². The third-order valence-electron chi connectivity index (χ3n) is 4.96. The molecule has 0 unspecified atom stereocenters. The van der Waals surface area contributed by atoms with Crippen molar-refractivity contribution in [3.05, 3.63) is 108 Å². The van der Waals surface area contributed by atoms with E-state index in [9.17, 15) is 4.79 Å². The zero-order valence-electron chi connectivity index (χ0n) is 17.7. The Morgan fingerprint density at radius 3 is 2.00 bits per heavy atom. The minimum absolute atomic E-state index is 0.343. The molecular formula is C27H23NO4. The molecule has 0 radical (unpaired) electrons. The zero-order valence-corrected chi connectivity index (χ0v) is 17.7. The van der Waals surface area contributed by atoms with Crippen molar-refractivity contribution >= 4 is 6.29 Å². The Kier molecular flexibility index (Phi) is 6.78. The van der Waals surface area contributed by atoms with Gasteiger partial charge in [-0.15, -0.1) is 0 Å². The Morgan fingerprint density at radius 1 is 0.750 bits per heavy atom. The maximum absolute atomic E-state index is 11.7. The molecule has 0 N–H and O–H groups in total. The van der Waals surface area contributed by atoms with E-state index in [1.54, 1.807) is 19.2 Å². The number of carbonyl (C=O) groups is 1. The lowest BCUT2D eigenvalue weighted by Gasteiger charge is -2.15. The molecule has 0 aliphatic heterocycles. The minimum Gasteiger partial charge on any atom is -0.497 e. The number of carbonyl (C=O) groups excluding carboxylic acids is 1. The summed E-state index contributed by atoms with van der Waals surface area (Å²) in [5.41, 5.74) is 3.97. The van der Waals surface area contributed by atoms with Gasteiger partial charge in [-0.25, -0.2) is 0 Å². The molecule has 4 aromatic rings. The molecule has 3 aromatic carbocycles. The van der Waals surface area contributed by atoms with Gasteiger partial charge in [-0.1, -0.05) is 60.7 Å². The summed E-state index contributed by atoms with van der Waals surface area (Å²) in [5, 5.41) is 0. The molecule has 0 aliphatic carbocycles. The predicted octanol–water partition coefficient (Wildman–Crippen LogP) is 5.73. The Balaban J connectivity index is 1.66. The second-order valence-corrected chi connectivity index (χ2v) is 7.12. The number of rotatable bonds is 9. The maximum atomic E-state index is 11.7. The van der Waals surface area contributed by atoms with Crippen molar-refractivity contribution in [3.63, 3.8) is 0 Å². The molecule has 32 heavy (non-hydrogen) atoms. The van der Waals surface area contributed by atoms with E-state index in [0.717, 1.165) is 17.4 Å². The average molecular weight is 425 g/mol. The summed E-state index contributed by atoms with van der Waals surface area (Å²) in [4.78, 5) is 16.3. The van der Waals surface area contributed by atoms with Crippen LogP contribution in [0.2, 0.25) is 0 Å². The second-order valence-electron chi connectivity index (χ2n) is 7.12. The van der Waals surface area contributed by atoms with Crippen LogP contribution in [0.25, 0.3) is 11.1 Å². The second kappa shape index (κ2) is 10.3. The number of ether oxygens (including phenoxy) is 3. The molecule has 160 valence electrons. The molecule has 0 amide bonds. The van der Waals surface area contributed by atoms with Gasteiger partial charge in [-0.05, 0) is 41.0 Å². The molecule has 0 saturated carbocycles. The van der Waals surface area contributed by atoms with Crippen LogP contribution in [-0.4, -0.2) is 18.4 Å². The smallest absolute Gasteiger partial charge is 0.225 e. The van der Waals surface area contributed by atoms with Crippen molar-refractivity contribution in [1.82, 2.24) is 4.98 Å². The molecule has 5 nitrogen and oxygen atoms in total. The van der Waals surface area contributed by atoms with Crippen LogP contribution in [0.4, 0.5) is 0 Å². The first-order chi connectivity index (χ1) is 15.8. The Bertz CT molecular complexity index is 1180. The minimum atomic E-state index is 0.343. The van der Waals surface area contributed by atoms with Gasteiger partial charge in [0.1, 0.15) is 19.0 Å². The summed E-state index contributed by atoms with van der Waals surface area (Å²) in [6, 6.07) is 28.7. The maximum Gasteiger partial charge on any atom is 0.225 e. The largest absolute Gasteiger partial charge is 0.497 e. The van der Waals surface area contributed by atoms with E-state index in [0.29, 0.717) is 47.4 Å². The van der Waals surface area contributed by atoms with Crippen molar-refractivity contribution in [2.45, 2.75) is 13.2 Å². The molecular weight excluding hydrogens is 402 g/mol. The molecule has 1 aromatic heterocycles. The summed E-state index contributed by atoms with van der Waals surface area (Å²) in [7, 11) is 1.57. The Morgan fingerprint density at radius 2 is 1.38 bits per heavy atom. The molecule has 0 fully saturated rings. The van der Waals surface area contributed by atoms with Crippen LogP contribution in [0.1, 0.15) is 21.5 Å². The molecule has 5 heteroatoms. The third-order valence-corrected chi connectivity index (χ3v) is 4.96. The van der Waals surface area contributed by atoms with Crippen molar-refractivity contribution < 1.29 is 19.0 Å². The monoisotopic (exact) mass is 425 g/mol. The van der Waals surface area contributed by atoms with Crippen molar-refractivity contribution in [2.24, 2.45) is 0 Å². The third kappa shape index (κ3) is 5.13. The lowest BCUT2D eigenvalue weighted by molar-refractivity contribution is 0.112. The van der Waals surface area contributed by atoms with Crippen molar-refractivity contribution in [2.75, 3.05) is 7.11 Å². The topological polar surface area (TPSA) is 57.6 Å². The lowest BCUT2D eigenvalue weighted by Crippen LogP contribution is -2.03. The standard InChI is InChI=1S/C27H23NO4/c1-30-23-12-13-24(22(16-23)17-29)25-14-15-26(31-18-20-8-4-2-5-9-20)28-27(25)32-19-21-10-6-3-7-11-21/h2-17H,18-19H2,1H3. The molecule has 1 heterocycles. The first kappa shape index (κ1) is 21.1. The Labute approximate surface area is 187 Å². The van der Waals surface area contributed by atoms with Gasteiger partial charge in [0.15, 0.2) is 6.29 Å². The number of aromatic nitrogens is 1. The highest BCUT2D eigenvalue weighted by molar-refractivity contribution is 5.89. The summed E-state index contributed by atoms with van der Waals surface area (Å²) >= 11 is 0. The summed E-state index contributed by atoms with van der Waals surface area (Å²) in [6.07, 6.45) is 0.804. The SMILES string of the molecule is COc1ccc(-c2ccc(OCc3ccccc3)nc2OCc2ccccc2)c(C=O)c1. The molecule has 0 bridgehead atoms. The highest BCUT2D eigenvalue weighted by Crippen LogP contribution is 2.34. The van der Waals surface area contributed by atoms with E-state index in [1.165, 1.54) is 0 Å². The fourth-order valence-corrected chi connectivity index (χ4v) is 3.29.